The lowest BCUT2D eigenvalue weighted by molar-refractivity contribution is -0.192. The average Bonchev–Trinajstić information content (AvgIpc) is 3.54. The van der Waals surface area contributed by atoms with E-state index in [4.69, 9.17) is 19.8 Å². The van der Waals surface area contributed by atoms with E-state index in [1.165, 1.54) is 5.48 Å². The van der Waals surface area contributed by atoms with Crippen LogP contribution in [0, 0.1) is 5.92 Å². The van der Waals surface area contributed by atoms with Gasteiger partial charge in [0.2, 0.25) is 0 Å². The maximum Gasteiger partial charge on any atom is 0.490 e. The van der Waals surface area contributed by atoms with Gasteiger partial charge in [0.05, 0.1) is 6.61 Å². The van der Waals surface area contributed by atoms with Crippen LogP contribution in [0.25, 0.3) is 0 Å². The van der Waals surface area contributed by atoms with Gasteiger partial charge in [-0.3, -0.25) is 14.8 Å². The lowest BCUT2D eigenvalue weighted by Gasteiger charge is -2.46. The van der Waals surface area contributed by atoms with Crippen molar-refractivity contribution in [1.29, 1.82) is 0 Å². The van der Waals surface area contributed by atoms with Crippen molar-refractivity contribution in [1.82, 2.24) is 16.1 Å². The van der Waals surface area contributed by atoms with Crippen LogP contribution < -0.4 is 16.1 Å². The summed E-state index contributed by atoms with van der Waals surface area (Å²) in [6, 6.07) is 0.0553. The highest BCUT2D eigenvalue weighted by molar-refractivity contribution is 8.45. The van der Waals surface area contributed by atoms with Gasteiger partial charge in [-0.25, -0.2) is 10.3 Å². The highest BCUT2D eigenvalue weighted by Crippen LogP contribution is 3.02. The SMILES string of the molecule is O=C(NC(C(=O)NO)C1(OCC2CC2)CNC1)c1ccc(S(F)(F)(F)(F)F)cc1.O=C(O)C(F)(F)F. The second-order valence-corrected chi connectivity index (χ2v) is 10.5. The number of rotatable bonds is 8. The Morgan fingerprint density at radius 3 is 1.92 bits per heavy atom. The van der Waals surface area contributed by atoms with Crippen molar-refractivity contribution >= 4 is 28.0 Å². The van der Waals surface area contributed by atoms with Gasteiger partial charge in [0.25, 0.3) is 11.8 Å². The Hall–Kier alpha value is -2.70. The van der Waals surface area contributed by atoms with E-state index in [0.29, 0.717) is 24.7 Å². The molecule has 0 spiro atoms. The molecule has 1 unspecified atom stereocenters. The molecule has 18 heteroatoms. The zero-order chi connectivity index (χ0) is 27.6. The third-order valence-corrected chi connectivity index (χ3v) is 6.29. The molecule has 1 aromatic rings. The summed E-state index contributed by atoms with van der Waals surface area (Å²) in [6.07, 6.45) is -3.13. The molecule has 0 bridgehead atoms. The van der Waals surface area contributed by atoms with Crippen molar-refractivity contribution < 1.29 is 62.0 Å². The van der Waals surface area contributed by atoms with Gasteiger partial charge in [-0.05, 0) is 43.0 Å². The lowest BCUT2D eigenvalue weighted by atomic mass is 9.86. The first kappa shape index (κ1) is 29.5. The molecule has 2 fully saturated rings. The number of benzene rings is 1. The fraction of sp³-hybridized carbons (Fsp3) is 0.500. The molecule has 3 rings (SSSR count). The van der Waals surface area contributed by atoms with Crippen LogP contribution in [0.3, 0.4) is 0 Å². The Balaban J connectivity index is 0.000000572. The van der Waals surface area contributed by atoms with Gasteiger partial charge >= 0.3 is 22.4 Å². The molecule has 9 nitrogen and oxygen atoms in total. The molecule has 2 amide bonds. The normalized spacial score (nSPS) is 19.8. The summed E-state index contributed by atoms with van der Waals surface area (Å²) in [4.78, 5) is 31.3. The van der Waals surface area contributed by atoms with E-state index in [1.54, 1.807) is 0 Å². The monoisotopic (exact) mass is 559 g/mol. The van der Waals surface area contributed by atoms with Gasteiger partial charge in [0.15, 0.2) is 0 Å². The molecule has 2 aliphatic rings. The number of carboxylic acids is 1. The largest absolute Gasteiger partial charge is 0.490 e. The Kier molecular flexibility index (Phi) is 7.64. The molecular weight excluding hydrogens is 538 g/mol. The third-order valence-electron chi connectivity index (χ3n) is 5.13. The number of carboxylic acid groups (broad SMARTS) is 1. The summed E-state index contributed by atoms with van der Waals surface area (Å²) >= 11 is 0. The van der Waals surface area contributed by atoms with Crippen molar-refractivity contribution in [2.24, 2.45) is 5.92 Å². The van der Waals surface area contributed by atoms with E-state index in [9.17, 15) is 42.2 Å². The lowest BCUT2D eigenvalue weighted by Crippen LogP contribution is -2.74. The zero-order valence-electron chi connectivity index (χ0n) is 18.0. The van der Waals surface area contributed by atoms with Gasteiger partial charge in [-0.15, -0.1) is 0 Å². The predicted octanol–water partition coefficient (Wildman–Crippen LogP) is 3.35. The number of carbonyl (C=O) groups excluding carboxylic acids is 2. The van der Waals surface area contributed by atoms with Crippen molar-refractivity contribution in [3.05, 3.63) is 29.8 Å². The first-order chi connectivity index (χ1) is 16.2. The summed E-state index contributed by atoms with van der Waals surface area (Å²) in [5.74, 6) is -4.36. The van der Waals surface area contributed by atoms with Gasteiger partial charge in [-0.1, -0.05) is 19.4 Å². The Bertz CT molecular complexity index is 996. The number of ether oxygens (including phenoxy) is 1. The zero-order valence-corrected chi connectivity index (χ0v) is 18.8. The fourth-order valence-electron chi connectivity index (χ4n) is 2.91. The van der Waals surface area contributed by atoms with Gasteiger partial charge in [0, 0.05) is 18.7 Å². The molecule has 1 aliphatic heterocycles. The number of hydrogen-bond acceptors (Lipinski definition) is 6. The molecule has 36 heavy (non-hydrogen) atoms. The molecule has 5 N–H and O–H groups in total. The number of alkyl halides is 3. The minimum absolute atomic E-state index is 0.113. The van der Waals surface area contributed by atoms with Crippen molar-refractivity contribution in [3.8, 4) is 0 Å². The molecule has 1 saturated heterocycles. The van der Waals surface area contributed by atoms with Crippen LogP contribution in [0.5, 0.6) is 0 Å². The van der Waals surface area contributed by atoms with Gasteiger partial charge in [-0.2, -0.15) is 13.2 Å². The van der Waals surface area contributed by atoms with Crippen LogP contribution in [0.1, 0.15) is 23.2 Å². The molecule has 1 heterocycles. The number of aliphatic carboxylic acids is 1. The summed E-state index contributed by atoms with van der Waals surface area (Å²) in [6.45, 7) is 0.744. The number of amides is 2. The summed E-state index contributed by atoms with van der Waals surface area (Å²) in [7, 11) is -9.86. The number of carbonyl (C=O) groups is 3. The first-order valence-corrected chi connectivity index (χ1v) is 11.9. The average molecular weight is 559 g/mol. The quantitative estimate of drug-likeness (QED) is 0.187. The van der Waals surface area contributed by atoms with Gasteiger partial charge in [0.1, 0.15) is 16.5 Å². The second kappa shape index (κ2) is 9.31. The third kappa shape index (κ3) is 7.90. The minimum Gasteiger partial charge on any atom is -0.475 e. The van der Waals surface area contributed by atoms with Crippen LogP contribution in [-0.4, -0.2) is 65.6 Å². The summed E-state index contributed by atoms with van der Waals surface area (Å²) < 4.78 is 102. The molecule has 1 aliphatic carbocycles. The van der Waals surface area contributed by atoms with E-state index in [1.807, 2.05) is 0 Å². The standard InChI is InChI=1S/C16H20F5N3O4S.C2HF3O2/c17-29(18,19,20,21)12-5-3-11(4-6-12)14(25)23-13(15(26)24-27)16(8-22-9-16)28-7-10-1-2-10;3-2(4,5)1(6)7/h3-6,10,13,22,27H,1-2,7-9H2,(H,23,25)(H,24,26);(H,6,7). The van der Waals surface area contributed by atoms with Crippen molar-refractivity contribution in [2.75, 3.05) is 19.7 Å². The van der Waals surface area contributed by atoms with Crippen LogP contribution in [-0.2, 0) is 14.3 Å². The fourth-order valence-corrected chi connectivity index (χ4v) is 3.56. The maximum absolute atomic E-state index is 12.8. The van der Waals surface area contributed by atoms with Crippen LogP contribution >= 0.6 is 10.2 Å². The molecule has 1 saturated carbocycles. The molecule has 0 radical (unpaired) electrons. The molecule has 1 atom stereocenters. The number of hydrogen-bond donors (Lipinski definition) is 5. The number of halogens is 8. The number of nitrogens with one attached hydrogen (secondary N) is 3. The van der Waals surface area contributed by atoms with Crippen LogP contribution in [0.2, 0.25) is 0 Å². The van der Waals surface area contributed by atoms with E-state index in [2.05, 4.69) is 10.6 Å². The highest BCUT2D eigenvalue weighted by atomic mass is 32.5. The Morgan fingerprint density at radius 2 is 1.58 bits per heavy atom. The molecule has 0 aromatic heterocycles. The number of hydroxylamine groups is 1. The Morgan fingerprint density at radius 1 is 1.08 bits per heavy atom. The van der Waals surface area contributed by atoms with E-state index in [-0.39, 0.29) is 30.8 Å². The first-order valence-electron chi connectivity index (χ1n) is 9.92. The molecule has 206 valence electrons. The highest BCUT2D eigenvalue weighted by Gasteiger charge is 2.65. The van der Waals surface area contributed by atoms with E-state index in [0.717, 1.165) is 12.8 Å². The van der Waals surface area contributed by atoms with Crippen molar-refractivity contribution in [2.45, 2.75) is 35.6 Å². The molecule has 1 aromatic carbocycles. The van der Waals surface area contributed by atoms with Crippen LogP contribution in [0.15, 0.2) is 29.2 Å². The minimum atomic E-state index is -9.86. The van der Waals surface area contributed by atoms with Crippen LogP contribution in [0.4, 0.5) is 32.6 Å². The maximum atomic E-state index is 12.8. The summed E-state index contributed by atoms with van der Waals surface area (Å²) in [5, 5.41) is 21.4. The smallest absolute Gasteiger partial charge is 0.475 e. The molecular formula is C18H21F8N3O6S. The van der Waals surface area contributed by atoms with E-state index >= 15 is 0 Å². The van der Waals surface area contributed by atoms with E-state index < -0.39 is 50.7 Å². The topological polar surface area (TPSA) is 137 Å². The Labute approximate surface area is 197 Å². The van der Waals surface area contributed by atoms with Gasteiger partial charge < -0.3 is 20.5 Å². The van der Waals surface area contributed by atoms with Crippen molar-refractivity contribution in [3.63, 3.8) is 0 Å². The second-order valence-electron chi connectivity index (χ2n) is 8.10. The summed E-state index contributed by atoms with van der Waals surface area (Å²) in [5.41, 5.74) is -0.0755. The predicted molar refractivity (Wildman–Crippen MR) is 107 cm³/mol.